The summed E-state index contributed by atoms with van der Waals surface area (Å²) >= 11 is 13.0. The zero-order valence-corrected chi connectivity index (χ0v) is 11.9. The third-order valence-electron chi connectivity index (χ3n) is 2.24. The van der Waals surface area contributed by atoms with Gasteiger partial charge in [-0.1, -0.05) is 23.2 Å². The molecule has 0 radical (unpaired) electrons. The number of aromatic nitrogens is 1. The van der Waals surface area contributed by atoms with Crippen LogP contribution >= 0.6 is 34.5 Å². The van der Waals surface area contributed by atoms with E-state index in [1.165, 1.54) is 30.6 Å². The first kappa shape index (κ1) is 13.9. The summed E-state index contributed by atoms with van der Waals surface area (Å²) in [5.41, 5.74) is 0.491. The van der Waals surface area contributed by atoms with Crippen molar-refractivity contribution in [2.75, 3.05) is 12.4 Å². The van der Waals surface area contributed by atoms with E-state index in [0.29, 0.717) is 16.0 Å². The summed E-state index contributed by atoms with van der Waals surface area (Å²) in [6.07, 6.45) is 0. The first-order valence-electron chi connectivity index (χ1n) is 5.00. The highest BCUT2D eigenvalue weighted by atomic mass is 35.5. The first-order valence-corrected chi connectivity index (χ1v) is 6.63. The molecule has 1 heterocycles. The minimum absolute atomic E-state index is 0.00442. The summed E-state index contributed by atoms with van der Waals surface area (Å²) in [7, 11) is 1.39. The van der Waals surface area contributed by atoms with Crippen LogP contribution in [0.25, 0.3) is 0 Å². The molecule has 0 saturated carbocycles. The lowest BCUT2D eigenvalue weighted by Crippen LogP contribution is -2.02. The molecule has 0 aliphatic heterocycles. The second-order valence-corrected chi connectivity index (χ2v) is 5.09. The number of carboxylic acids is 1. The zero-order chi connectivity index (χ0) is 14.0. The Morgan fingerprint density at radius 3 is 2.74 bits per heavy atom. The van der Waals surface area contributed by atoms with Gasteiger partial charge in [-0.05, 0) is 6.07 Å². The molecule has 8 heteroatoms. The van der Waals surface area contributed by atoms with Gasteiger partial charge in [0, 0.05) is 11.4 Å². The Morgan fingerprint density at radius 1 is 1.47 bits per heavy atom. The van der Waals surface area contributed by atoms with Crippen LogP contribution in [0.3, 0.4) is 0 Å². The Balaban J connectivity index is 2.38. The van der Waals surface area contributed by atoms with E-state index in [9.17, 15) is 4.79 Å². The number of nitrogens with zero attached hydrogens (tertiary/aromatic N) is 1. The fourth-order valence-electron chi connectivity index (χ4n) is 1.41. The van der Waals surface area contributed by atoms with Crippen molar-refractivity contribution < 1.29 is 14.6 Å². The summed E-state index contributed by atoms with van der Waals surface area (Å²) in [4.78, 5) is 15.0. The summed E-state index contributed by atoms with van der Waals surface area (Å²) in [5, 5.41) is 14.8. The van der Waals surface area contributed by atoms with E-state index in [-0.39, 0.29) is 16.3 Å². The van der Waals surface area contributed by atoms with E-state index in [4.69, 9.17) is 33.0 Å². The smallest absolute Gasteiger partial charge is 0.339 e. The van der Waals surface area contributed by atoms with Crippen LogP contribution in [-0.4, -0.2) is 23.2 Å². The molecule has 0 spiro atoms. The number of ether oxygens (including phenoxy) is 1. The average Bonchev–Trinajstić information content (AvgIpc) is 2.76. The molecule has 2 rings (SSSR count). The van der Waals surface area contributed by atoms with Crippen LogP contribution in [0.15, 0.2) is 17.5 Å². The van der Waals surface area contributed by atoms with Gasteiger partial charge in [0.2, 0.25) is 0 Å². The van der Waals surface area contributed by atoms with Gasteiger partial charge in [-0.2, -0.15) is 0 Å². The summed E-state index contributed by atoms with van der Waals surface area (Å²) in [6, 6.07) is 2.82. The van der Waals surface area contributed by atoms with Gasteiger partial charge in [-0.3, -0.25) is 0 Å². The molecule has 0 aliphatic rings. The van der Waals surface area contributed by atoms with Gasteiger partial charge >= 0.3 is 5.97 Å². The number of carbonyl (C=O) groups is 1. The number of rotatable bonds is 4. The standard InChI is InChI=1S/C11H8Cl2N2O3S/c1-18-8-3-7(6(12)2-5(8)10(16)17)14-11-15-9(13)4-19-11/h2-4H,1H3,(H,14,15)(H,16,17). The number of nitrogens with one attached hydrogen (secondary N) is 1. The highest BCUT2D eigenvalue weighted by Gasteiger charge is 2.15. The van der Waals surface area contributed by atoms with Gasteiger partial charge < -0.3 is 15.2 Å². The van der Waals surface area contributed by atoms with Crippen molar-refractivity contribution >= 4 is 51.3 Å². The van der Waals surface area contributed by atoms with Crippen LogP contribution in [0.2, 0.25) is 10.2 Å². The Morgan fingerprint density at radius 2 is 2.21 bits per heavy atom. The molecule has 1 aromatic heterocycles. The molecule has 0 aliphatic carbocycles. The number of hydrogen-bond acceptors (Lipinski definition) is 5. The lowest BCUT2D eigenvalue weighted by Gasteiger charge is -2.10. The molecule has 100 valence electrons. The Labute approximate surface area is 122 Å². The highest BCUT2D eigenvalue weighted by Crippen LogP contribution is 2.34. The topological polar surface area (TPSA) is 71.5 Å². The van der Waals surface area contributed by atoms with Crippen LogP contribution < -0.4 is 10.1 Å². The zero-order valence-electron chi connectivity index (χ0n) is 9.61. The number of anilines is 2. The molecular formula is C11H8Cl2N2O3S. The van der Waals surface area contributed by atoms with Gasteiger partial charge in [0.25, 0.3) is 0 Å². The molecule has 1 aromatic carbocycles. The molecule has 0 bridgehead atoms. The molecule has 0 unspecified atom stereocenters. The maximum absolute atomic E-state index is 11.0. The number of aromatic carboxylic acids is 1. The number of halogens is 2. The fraction of sp³-hybridized carbons (Fsp3) is 0.0909. The molecule has 2 N–H and O–H groups in total. The average molecular weight is 319 g/mol. The lowest BCUT2D eigenvalue weighted by atomic mass is 10.2. The van der Waals surface area contributed by atoms with Gasteiger partial charge in [-0.25, -0.2) is 9.78 Å². The van der Waals surface area contributed by atoms with Gasteiger partial charge in [0.1, 0.15) is 16.5 Å². The molecule has 0 fully saturated rings. The Hall–Kier alpha value is -1.50. The highest BCUT2D eigenvalue weighted by molar-refractivity contribution is 7.14. The molecule has 19 heavy (non-hydrogen) atoms. The fourth-order valence-corrected chi connectivity index (χ4v) is 2.47. The predicted octanol–water partition coefficient (Wildman–Crippen LogP) is 3.90. The molecular weight excluding hydrogens is 311 g/mol. The molecule has 0 saturated heterocycles. The van der Waals surface area contributed by atoms with E-state index < -0.39 is 5.97 Å². The normalized spacial score (nSPS) is 10.3. The SMILES string of the molecule is COc1cc(Nc2nc(Cl)cs2)c(Cl)cc1C(=O)O. The molecule has 2 aromatic rings. The maximum Gasteiger partial charge on any atom is 0.339 e. The monoisotopic (exact) mass is 318 g/mol. The van der Waals surface area contributed by atoms with E-state index in [1.54, 1.807) is 5.38 Å². The third-order valence-corrected chi connectivity index (χ3v) is 3.63. The molecule has 0 atom stereocenters. The van der Waals surface area contributed by atoms with Gasteiger partial charge in [0.05, 0.1) is 17.8 Å². The summed E-state index contributed by atoms with van der Waals surface area (Å²) < 4.78 is 5.02. The molecule has 5 nitrogen and oxygen atoms in total. The van der Waals surface area contributed by atoms with Crippen molar-refractivity contribution in [3.63, 3.8) is 0 Å². The van der Waals surface area contributed by atoms with Crippen LogP contribution in [0.5, 0.6) is 5.75 Å². The summed E-state index contributed by atoms with van der Waals surface area (Å²) in [6.45, 7) is 0. The number of carboxylic acid groups (broad SMARTS) is 1. The van der Waals surface area contributed by atoms with Crippen molar-refractivity contribution in [3.8, 4) is 5.75 Å². The van der Waals surface area contributed by atoms with Gasteiger partial charge in [-0.15, -0.1) is 11.3 Å². The number of benzene rings is 1. The number of hydrogen-bond donors (Lipinski definition) is 2. The minimum atomic E-state index is -1.11. The van der Waals surface area contributed by atoms with Crippen LogP contribution in [0.4, 0.5) is 10.8 Å². The summed E-state index contributed by atoms with van der Waals surface area (Å²) in [5.74, 6) is -0.898. The van der Waals surface area contributed by atoms with E-state index >= 15 is 0 Å². The van der Waals surface area contributed by atoms with E-state index in [1.807, 2.05) is 0 Å². The minimum Gasteiger partial charge on any atom is -0.496 e. The maximum atomic E-state index is 11.0. The number of thiazole rings is 1. The largest absolute Gasteiger partial charge is 0.496 e. The Kier molecular flexibility index (Phi) is 4.14. The first-order chi connectivity index (χ1) is 9.01. The lowest BCUT2D eigenvalue weighted by molar-refractivity contribution is 0.0693. The van der Waals surface area contributed by atoms with Crippen LogP contribution in [-0.2, 0) is 0 Å². The molecule has 0 amide bonds. The third kappa shape index (κ3) is 3.09. The van der Waals surface area contributed by atoms with Crippen molar-refractivity contribution in [1.29, 1.82) is 0 Å². The van der Waals surface area contributed by atoms with E-state index in [0.717, 1.165) is 0 Å². The van der Waals surface area contributed by atoms with Crippen molar-refractivity contribution in [3.05, 3.63) is 33.3 Å². The van der Waals surface area contributed by atoms with E-state index in [2.05, 4.69) is 10.3 Å². The van der Waals surface area contributed by atoms with Crippen LogP contribution in [0, 0.1) is 0 Å². The Bertz CT molecular complexity index is 630. The second-order valence-electron chi connectivity index (χ2n) is 3.44. The van der Waals surface area contributed by atoms with Crippen molar-refractivity contribution in [2.45, 2.75) is 0 Å². The van der Waals surface area contributed by atoms with Gasteiger partial charge in [0.15, 0.2) is 5.13 Å². The van der Waals surface area contributed by atoms with Crippen LogP contribution in [0.1, 0.15) is 10.4 Å². The number of methoxy groups -OCH3 is 1. The van der Waals surface area contributed by atoms with Crippen molar-refractivity contribution in [2.24, 2.45) is 0 Å². The second kappa shape index (κ2) is 5.64. The quantitative estimate of drug-likeness (QED) is 0.894. The predicted molar refractivity (Wildman–Crippen MR) is 75.4 cm³/mol. The van der Waals surface area contributed by atoms with Crippen molar-refractivity contribution in [1.82, 2.24) is 4.98 Å².